The Morgan fingerprint density at radius 1 is 1.06 bits per heavy atom. The normalized spacial score (nSPS) is 18.0. The first kappa shape index (κ1) is 23.4. The summed E-state index contributed by atoms with van der Waals surface area (Å²) >= 11 is 1.46. The monoisotopic (exact) mass is 465 g/mol. The third kappa shape index (κ3) is 6.18. The van der Waals surface area contributed by atoms with Gasteiger partial charge >= 0.3 is 0 Å². The van der Waals surface area contributed by atoms with Gasteiger partial charge in [-0.15, -0.1) is 0 Å². The average molecular weight is 466 g/mol. The summed E-state index contributed by atoms with van der Waals surface area (Å²) in [5.74, 6) is 1.22. The zero-order valence-electron chi connectivity index (χ0n) is 19.3. The van der Waals surface area contributed by atoms with Crippen molar-refractivity contribution >= 4 is 28.9 Å². The molecule has 1 fully saturated rings. The van der Waals surface area contributed by atoms with E-state index in [9.17, 15) is 4.79 Å². The molecule has 2 aliphatic heterocycles. The summed E-state index contributed by atoms with van der Waals surface area (Å²) in [4.78, 5) is 22.2. The average Bonchev–Trinajstić information content (AvgIpc) is 3.21. The zero-order valence-corrected chi connectivity index (χ0v) is 20.1. The minimum absolute atomic E-state index is 0.177. The highest BCUT2D eigenvalue weighted by Crippen LogP contribution is 2.33. The fourth-order valence-corrected chi connectivity index (χ4v) is 4.81. The molecule has 0 atom stereocenters. The first-order chi connectivity index (χ1) is 16.2. The van der Waals surface area contributed by atoms with Crippen molar-refractivity contribution in [2.24, 2.45) is 4.99 Å². The predicted octanol–water partition coefficient (Wildman–Crippen LogP) is 4.66. The summed E-state index contributed by atoms with van der Waals surface area (Å²) in [6, 6.07) is 16.3. The second-order valence-electron chi connectivity index (χ2n) is 8.17. The number of hydrogen-bond donors (Lipinski definition) is 0. The summed E-state index contributed by atoms with van der Waals surface area (Å²) in [6.45, 7) is 7.41. The largest absolute Gasteiger partial charge is 0.493 e. The van der Waals surface area contributed by atoms with E-state index in [1.807, 2.05) is 30.3 Å². The van der Waals surface area contributed by atoms with Crippen molar-refractivity contribution in [1.82, 2.24) is 9.80 Å². The van der Waals surface area contributed by atoms with E-state index in [0.29, 0.717) is 17.3 Å². The van der Waals surface area contributed by atoms with Crippen LogP contribution in [0.2, 0.25) is 0 Å². The quantitative estimate of drug-likeness (QED) is 0.417. The Bertz CT molecular complexity index is 1010. The second-order valence-corrected chi connectivity index (χ2v) is 9.18. The highest BCUT2D eigenvalue weighted by atomic mass is 32.2. The molecule has 0 spiro atoms. The van der Waals surface area contributed by atoms with Gasteiger partial charge in [0.05, 0.1) is 18.6 Å². The molecule has 2 heterocycles. The summed E-state index contributed by atoms with van der Waals surface area (Å²) in [5, 5.41) is 0.803. The molecule has 2 aliphatic rings. The number of benzene rings is 2. The zero-order chi connectivity index (χ0) is 23.0. The molecule has 1 saturated heterocycles. The highest BCUT2D eigenvalue weighted by Gasteiger charge is 2.28. The van der Waals surface area contributed by atoms with Gasteiger partial charge < -0.3 is 14.4 Å². The molecular weight excluding hydrogens is 434 g/mol. The lowest BCUT2D eigenvalue weighted by molar-refractivity contribution is -0.113. The molecule has 0 radical (unpaired) electrons. The van der Waals surface area contributed by atoms with Gasteiger partial charge in [-0.25, -0.2) is 0 Å². The fraction of sp³-hybridized carbons (Fsp3) is 0.385. The van der Waals surface area contributed by atoms with E-state index in [-0.39, 0.29) is 5.91 Å². The van der Waals surface area contributed by atoms with Gasteiger partial charge in [0.15, 0.2) is 16.7 Å². The molecule has 0 N–H and O–H groups in total. The van der Waals surface area contributed by atoms with E-state index >= 15 is 0 Å². The number of unbranched alkanes of at least 4 members (excludes halogenated alkanes) is 1. The summed E-state index contributed by atoms with van der Waals surface area (Å²) in [7, 11) is 1.63. The summed E-state index contributed by atoms with van der Waals surface area (Å²) in [5.41, 5.74) is 2.23. The van der Waals surface area contributed by atoms with Crippen LogP contribution >= 0.6 is 11.8 Å². The van der Waals surface area contributed by atoms with E-state index in [1.54, 1.807) is 7.11 Å². The number of piperazine rings is 1. The molecule has 0 unspecified atom stereocenters. The number of amides is 1. The van der Waals surface area contributed by atoms with Gasteiger partial charge in [-0.2, -0.15) is 4.99 Å². The van der Waals surface area contributed by atoms with Crippen molar-refractivity contribution in [3.63, 3.8) is 0 Å². The van der Waals surface area contributed by atoms with Crippen LogP contribution in [-0.2, 0) is 11.3 Å². The molecule has 174 valence electrons. The molecule has 33 heavy (non-hydrogen) atoms. The number of carbonyl (C=O) groups is 1. The van der Waals surface area contributed by atoms with E-state index in [1.165, 1.54) is 17.3 Å². The van der Waals surface area contributed by atoms with Gasteiger partial charge in [-0.3, -0.25) is 9.69 Å². The first-order valence-corrected chi connectivity index (χ1v) is 12.3. The highest BCUT2D eigenvalue weighted by molar-refractivity contribution is 8.18. The molecule has 7 heteroatoms. The van der Waals surface area contributed by atoms with Crippen LogP contribution in [-0.4, -0.2) is 60.8 Å². The van der Waals surface area contributed by atoms with Crippen molar-refractivity contribution < 1.29 is 14.3 Å². The minimum atomic E-state index is -0.177. The minimum Gasteiger partial charge on any atom is -0.493 e. The molecule has 4 rings (SSSR count). The maximum Gasteiger partial charge on any atom is 0.286 e. The maximum atomic E-state index is 12.6. The van der Waals surface area contributed by atoms with E-state index in [0.717, 1.165) is 62.0 Å². The number of amidine groups is 1. The Balaban J connectivity index is 1.34. The Morgan fingerprint density at radius 3 is 2.58 bits per heavy atom. The molecule has 1 amide bonds. The summed E-state index contributed by atoms with van der Waals surface area (Å²) in [6.07, 6.45) is 3.96. The van der Waals surface area contributed by atoms with Gasteiger partial charge in [0, 0.05) is 32.7 Å². The van der Waals surface area contributed by atoms with E-state index in [2.05, 4.69) is 46.0 Å². The smallest absolute Gasteiger partial charge is 0.286 e. The molecule has 0 aromatic heterocycles. The SMILES string of the molecule is CCCCOc1ccc(/C=C2/SC(N3CCN(Cc4ccccc4)CC3)=NC2=O)cc1OC. The number of carbonyl (C=O) groups excluding carboxylic acids is 1. The van der Waals surface area contributed by atoms with Crippen molar-refractivity contribution in [3.8, 4) is 11.5 Å². The number of nitrogens with zero attached hydrogens (tertiary/aromatic N) is 3. The number of rotatable bonds is 8. The fourth-order valence-electron chi connectivity index (χ4n) is 3.84. The molecule has 2 aromatic carbocycles. The number of thioether (sulfide) groups is 1. The molecule has 0 saturated carbocycles. The Kier molecular flexibility index (Phi) is 8.07. The third-order valence-electron chi connectivity index (χ3n) is 5.74. The van der Waals surface area contributed by atoms with Crippen LogP contribution in [0.1, 0.15) is 30.9 Å². The van der Waals surface area contributed by atoms with Gasteiger partial charge in [0.1, 0.15) is 0 Å². The first-order valence-electron chi connectivity index (χ1n) is 11.5. The lowest BCUT2D eigenvalue weighted by atomic mass is 10.2. The number of ether oxygens (including phenoxy) is 2. The van der Waals surface area contributed by atoms with Crippen LogP contribution in [0.3, 0.4) is 0 Å². The van der Waals surface area contributed by atoms with Crippen LogP contribution in [0, 0.1) is 0 Å². The topological polar surface area (TPSA) is 54.4 Å². The van der Waals surface area contributed by atoms with Gasteiger partial charge in [-0.05, 0) is 47.5 Å². The molecular formula is C26H31N3O3S. The standard InChI is InChI=1S/C26H31N3O3S/c1-3-4-16-32-22-11-10-21(17-23(22)31-2)18-24-25(30)27-26(33-24)29-14-12-28(13-15-29)19-20-8-6-5-7-9-20/h5-11,17-18H,3-4,12-16,19H2,1-2H3/b24-18+. The van der Waals surface area contributed by atoms with Crippen LogP contribution in [0.5, 0.6) is 11.5 Å². The van der Waals surface area contributed by atoms with E-state index in [4.69, 9.17) is 9.47 Å². The second kappa shape index (κ2) is 11.4. The van der Waals surface area contributed by atoms with Crippen molar-refractivity contribution in [2.45, 2.75) is 26.3 Å². The lowest BCUT2D eigenvalue weighted by Crippen LogP contribution is -2.47. The van der Waals surface area contributed by atoms with Crippen LogP contribution in [0.25, 0.3) is 6.08 Å². The Labute approximate surface area is 200 Å². The van der Waals surface area contributed by atoms with Gasteiger partial charge in [-0.1, -0.05) is 49.7 Å². The molecule has 2 aromatic rings. The maximum absolute atomic E-state index is 12.6. The Morgan fingerprint density at radius 2 is 1.85 bits per heavy atom. The number of hydrogen-bond acceptors (Lipinski definition) is 6. The molecule has 0 aliphatic carbocycles. The third-order valence-corrected chi connectivity index (χ3v) is 6.79. The van der Waals surface area contributed by atoms with Crippen LogP contribution < -0.4 is 9.47 Å². The lowest BCUT2D eigenvalue weighted by Gasteiger charge is -2.35. The van der Waals surface area contributed by atoms with Gasteiger partial charge in [0.2, 0.25) is 0 Å². The van der Waals surface area contributed by atoms with Crippen molar-refractivity contribution in [2.75, 3.05) is 39.9 Å². The summed E-state index contributed by atoms with van der Waals surface area (Å²) < 4.78 is 11.3. The molecule has 6 nitrogen and oxygen atoms in total. The van der Waals surface area contributed by atoms with Crippen molar-refractivity contribution in [1.29, 1.82) is 0 Å². The van der Waals surface area contributed by atoms with E-state index < -0.39 is 0 Å². The predicted molar refractivity (Wildman–Crippen MR) is 135 cm³/mol. The van der Waals surface area contributed by atoms with Crippen LogP contribution in [0.15, 0.2) is 58.4 Å². The molecule has 0 bridgehead atoms. The van der Waals surface area contributed by atoms with Crippen molar-refractivity contribution in [3.05, 3.63) is 64.6 Å². The number of methoxy groups -OCH3 is 1. The Hall–Kier alpha value is -2.77. The number of aliphatic imine (C=N–C) groups is 1. The van der Waals surface area contributed by atoms with Gasteiger partial charge in [0.25, 0.3) is 5.91 Å². The van der Waals surface area contributed by atoms with Crippen LogP contribution in [0.4, 0.5) is 0 Å².